The molecule has 0 aromatic carbocycles. The van der Waals surface area contributed by atoms with E-state index in [1.807, 2.05) is 39.8 Å². The van der Waals surface area contributed by atoms with Crippen LogP contribution in [0.5, 0.6) is 0 Å². The predicted octanol–water partition coefficient (Wildman–Crippen LogP) is 3.71. The number of aromatic carboxylic acids is 1. The highest BCUT2D eigenvalue weighted by molar-refractivity contribution is 7.17. The highest BCUT2D eigenvalue weighted by atomic mass is 32.1. The molecule has 0 aliphatic rings. The van der Waals surface area contributed by atoms with Gasteiger partial charge in [0.25, 0.3) is 0 Å². The zero-order valence-corrected chi connectivity index (χ0v) is 11.6. The van der Waals surface area contributed by atoms with Gasteiger partial charge in [-0.05, 0) is 19.1 Å². The molecule has 96 valence electrons. The van der Waals surface area contributed by atoms with Gasteiger partial charge >= 0.3 is 5.97 Å². The van der Waals surface area contributed by atoms with E-state index in [1.54, 1.807) is 0 Å². The van der Waals surface area contributed by atoms with Crippen LogP contribution in [0.4, 0.5) is 0 Å². The number of nitrogens with zero attached hydrogens (tertiary/aromatic N) is 1. The minimum absolute atomic E-state index is 0.284. The average molecular weight is 265 g/mol. The molecule has 0 spiro atoms. The number of thiazole rings is 1. The van der Waals surface area contributed by atoms with E-state index in [0.29, 0.717) is 16.5 Å². The van der Waals surface area contributed by atoms with Gasteiger partial charge in [-0.3, -0.25) is 0 Å². The molecule has 0 aliphatic heterocycles. The molecule has 0 radical (unpaired) electrons. The summed E-state index contributed by atoms with van der Waals surface area (Å²) in [6, 6.07) is 3.65. The first kappa shape index (κ1) is 12.8. The third-order valence-corrected chi connectivity index (χ3v) is 3.54. The van der Waals surface area contributed by atoms with Gasteiger partial charge in [0.15, 0.2) is 10.8 Å². The second-order valence-electron chi connectivity index (χ2n) is 5.16. The highest BCUT2D eigenvalue weighted by Crippen LogP contribution is 2.35. The molecule has 2 aromatic heterocycles. The van der Waals surface area contributed by atoms with Crippen molar-refractivity contribution in [2.24, 2.45) is 0 Å². The fourth-order valence-electron chi connectivity index (χ4n) is 1.63. The molecule has 18 heavy (non-hydrogen) atoms. The van der Waals surface area contributed by atoms with Gasteiger partial charge in [-0.25, -0.2) is 9.78 Å². The molecule has 0 saturated heterocycles. The highest BCUT2D eigenvalue weighted by Gasteiger charge is 2.27. The SMILES string of the molecule is Cc1ccc(-c2nc(C(C)(C)C)c(C(=O)O)s2)o1. The van der Waals surface area contributed by atoms with Gasteiger partial charge in [0.1, 0.15) is 10.6 Å². The van der Waals surface area contributed by atoms with Crippen molar-refractivity contribution in [2.75, 3.05) is 0 Å². The van der Waals surface area contributed by atoms with Crippen molar-refractivity contribution >= 4 is 17.3 Å². The lowest BCUT2D eigenvalue weighted by atomic mass is 9.91. The lowest BCUT2D eigenvalue weighted by molar-refractivity contribution is 0.0699. The van der Waals surface area contributed by atoms with Gasteiger partial charge in [0, 0.05) is 5.41 Å². The van der Waals surface area contributed by atoms with Crippen LogP contribution in [0, 0.1) is 6.92 Å². The second-order valence-corrected chi connectivity index (χ2v) is 6.16. The van der Waals surface area contributed by atoms with E-state index in [1.165, 1.54) is 0 Å². The van der Waals surface area contributed by atoms with Crippen molar-refractivity contribution in [1.82, 2.24) is 4.98 Å². The van der Waals surface area contributed by atoms with Crippen LogP contribution in [-0.4, -0.2) is 16.1 Å². The summed E-state index contributed by atoms with van der Waals surface area (Å²) in [5, 5.41) is 9.85. The first-order chi connectivity index (χ1) is 8.29. The van der Waals surface area contributed by atoms with Crippen LogP contribution in [0.15, 0.2) is 16.5 Å². The fraction of sp³-hybridized carbons (Fsp3) is 0.385. The molecule has 0 amide bonds. The number of carbonyl (C=O) groups is 1. The molecule has 4 nitrogen and oxygen atoms in total. The van der Waals surface area contributed by atoms with E-state index in [9.17, 15) is 9.90 Å². The van der Waals surface area contributed by atoms with Crippen LogP contribution in [0.1, 0.15) is 41.9 Å². The van der Waals surface area contributed by atoms with Gasteiger partial charge < -0.3 is 9.52 Å². The molecule has 0 unspecified atom stereocenters. The Hall–Kier alpha value is -1.62. The molecule has 2 rings (SSSR count). The van der Waals surface area contributed by atoms with E-state index >= 15 is 0 Å². The number of aryl methyl sites for hydroxylation is 1. The van der Waals surface area contributed by atoms with Gasteiger partial charge in [-0.15, -0.1) is 11.3 Å². The van der Waals surface area contributed by atoms with Gasteiger partial charge in [0.05, 0.1) is 5.69 Å². The first-order valence-corrected chi connectivity index (χ1v) is 6.42. The zero-order valence-electron chi connectivity index (χ0n) is 10.8. The summed E-state index contributed by atoms with van der Waals surface area (Å²) in [6.07, 6.45) is 0. The van der Waals surface area contributed by atoms with Gasteiger partial charge in [-0.2, -0.15) is 0 Å². The quantitative estimate of drug-likeness (QED) is 0.899. The maximum atomic E-state index is 11.3. The van der Waals surface area contributed by atoms with Crippen LogP contribution in [0.25, 0.3) is 10.8 Å². The van der Waals surface area contributed by atoms with E-state index in [4.69, 9.17) is 4.42 Å². The minimum Gasteiger partial charge on any atom is -0.477 e. The van der Waals surface area contributed by atoms with Crippen LogP contribution >= 0.6 is 11.3 Å². The van der Waals surface area contributed by atoms with Crippen molar-refractivity contribution in [1.29, 1.82) is 0 Å². The summed E-state index contributed by atoms with van der Waals surface area (Å²) in [4.78, 5) is 16.0. The van der Waals surface area contributed by atoms with Gasteiger partial charge in [0.2, 0.25) is 0 Å². The standard InChI is InChI=1S/C13H15NO3S/c1-7-5-6-8(17-7)11-14-10(13(2,3)4)9(18-11)12(15)16/h5-6H,1-4H3,(H,15,16). The number of hydrogen-bond donors (Lipinski definition) is 1. The van der Waals surface area contributed by atoms with E-state index in [2.05, 4.69) is 4.98 Å². The zero-order chi connectivity index (χ0) is 13.5. The van der Waals surface area contributed by atoms with E-state index in [-0.39, 0.29) is 10.3 Å². The summed E-state index contributed by atoms with van der Waals surface area (Å²) < 4.78 is 5.49. The minimum atomic E-state index is -0.938. The van der Waals surface area contributed by atoms with E-state index in [0.717, 1.165) is 17.1 Å². The Morgan fingerprint density at radius 3 is 2.44 bits per heavy atom. The number of aromatic nitrogens is 1. The normalized spacial score (nSPS) is 11.8. The van der Waals surface area contributed by atoms with Crippen molar-refractivity contribution < 1.29 is 14.3 Å². The van der Waals surface area contributed by atoms with Crippen LogP contribution < -0.4 is 0 Å². The molecule has 0 saturated carbocycles. The molecule has 5 heteroatoms. The van der Waals surface area contributed by atoms with Crippen molar-refractivity contribution in [3.8, 4) is 10.8 Å². The third-order valence-electron chi connectivity index (χ3n) is 2.48. The summed E-state index contributed by atoms with van der Waals surface area (Å²) in [7, 11) is 0. The Morgan fingerprint density at radius 2 is 2.06 bits per heavy atom. The number of rotatable bonds is 2. The largest absolute Gasteiger partial charge is 0.477 e. The topological polar surface area (TPSA) is 63.3 Å². The summed E-state index contributed by atoms with van der Waals surface area (Å²) >= 11 is 1.16. The first-order valence-electron chi connectivity index (χ1n) is 5.60. The summed E-state index contributed by atoms with van der Waals surface area (Å²) in [5.74, 6) is 0.469. The average Bonchev–Trinajstić information content (AvgIpc) is 2.81. The lowest BCUT2D eigenvalue weighted by Gasteiger charge is -2.15. The lowest BCUT2D eigenvalue weighted by Crippen LogP contribution is -2.16. The molecule has 0 bridgehead atoms. The molecular weight excluding hydrogens is 250 g/mol. The van der Waals surface area contributed by atoms with Crippen LogP contribution in [0.3, 0.4) is 0 Å². The number of carboxylic acid groups (broad SMARTS) is 1. The molecule has 0 aliphatic carbocycles. The Morgan fingerprint density at radius 1 is 1.39 bits per heavy atom. The summed E-state index contributed by atoms with van der Waals surface area (Å²) in [6.45, 7) is 7.70. The Balaban J connectivity index is 2.56. The predicted molar refractivity (Wildman–Crippen MR) is 70.2 cm³/mol. The Bertz CT molecular complexity index is 590. The molecule has 1 N–H and O–H groups in total. The monoisotopic (exact) mass is 265 g/mol. The number of hydrogen-bond acceptors (Lipinski definition) is 4. The second kappa shape index (κ2) is 4.24. The Kier molecular flexibility index (Phi) is 3.02. The summed E-state index contributed by atoms with van der Waals surface area (Å²) in [5.41, 5.74) is 0.299. The number of furan rings is 1. The number of carboxylic acids is 1. The van der Waals surface area contributed by atoms with Crippen molar-refractivity contribution in [3.05, 3.63) is 28.5 Å². The van der Waals surface area contributed by atoms with E-state index < -0.39 is 5.97 Å². The molecule has 2 aromatic rings. The molecular formula is C13H15NO3S. The third kappa shape index (κ3) is 2.31. The van der Waals surface area contributed by atoms with Crippen molar-refractivity contribution in [2.45, 2.75) is 33.1 Å². The molecule has 0 fully saturated rings. The van der Waals surface area contributed by atoms with Gasteiger partial charge in [-0.1, -0.05) is 20.8 Å². The smallest absolute Gasteiger partial charge is 0.347 e. The van der Waals surface area contributed by atoms with Crippen LogP contribution in [0.2, 0.25) is 0 Å². The molecule has 0 atom stereocenters. The maximum Gasteiger partial charge on any atom is 0.347 e. The maximum absolute atomic E-state index is 11.3. The Labute approximate surface area is 109 Å². The van der Waals surface area contributed by atoms with Crippen molar-refractivity contribution in [3.63, 3.8) is 0 Å². The fourth-order valence-corrected chi connectivity index (χ4v) is 2.70. The molecule has 2 heterocycles. The van der Waals surface area contributed by atoms with Crippen LogP contribution in [-0.2, 0) is 5.41 Å².